The van der Waals surface area contributed by atoms with Crippen molar-refractivity contribution in [3.63, 3.8) is 0 Å². The zero-order valence-corrected chi connectivity index (χ0v) is 21.6. The van der Waals surface area contributed by atoms with Crippen molar-refractivity contribution < 1.29 is 19.0 Å². The fraction of sp³-hybridized carbons (Fsp3) is 0.292. The van der Waals surface area contributed by atoms with Gasteiger partial charge >= 0.3 is 0 Å². The Hall–Kier alpha value is -2.53. The quantitative estimate of drug-likeness (QED) is 0.433. The number of amides is 1. The van der Waals surface area contributed by atoms with Crippen molar-refractivity contribution in [1.29, 1.82) is 0 Å². The SMILES string of the molecule is COC1C=CC(CNC(=S)NC2N=C(c3ccccc3Cl)c3cc(Cl)ccc3N(C)C2=O)(OC)O1. The number of nitrogens with one attached hydrogen (secondary N) is 2. The summed E-state index contributed by atoms with van der Waals surface area (Å²) in [6.07, 6.45) is 1.94. The highest BCUT2D eigenvalue weighted by atomic mass is 35.5. The molecule has 0 aliphatic carbocycles. The normalized spacial score (nSPS) is 23.5. The van der Waals surface area contributed by atoms with E-state index in [4.69, 9.17) is 54.6 Å². The number of aliphatic imine (C=N–C) groups is 1. The van der Waals surface area contributed by atoms with Gasteiger partial charge in [0.1, 0.15) is 0 Å². The van der Waals surface area contributed by atoms with E-state index in [0.717, 1.165) is 0 Å². The number of benzodiazepines with no additional fused rings is 1. The molecule has 0 fully saturated rings. The summed E-state index contributed by atoms with van der Waals surface area (Å²) in [4.78, 5) is 19.6. The molecule has 8 nitrogen and oxygen atoms in total. The molecule has 3 atom stereocenters. The van der Waals surface area contributed by atoms with Crippen LogP contribution in [0.2, 0.25) is 10.0 Å². The molecule has 0 spiro atoms. The van der Waals surface area contributed by atoms with Gasteiger partial charge in [-0.05, 0) is 48.6 Å². The minimum atomic E-state index is -1.06. The third-order valence-electron chi connectivity index (χ3n) is 5.69. The number of carbonyl (C=O) groups excluding carboxylic acids is 1. The monoisotopic (exact) mass is 534 g/mol. The van der Waals surface area contributed by atoms with Crippen LogP contribution in [0.25, 0.3) is 0 Å². The lowest BCUT2D eigenvalue weighted by atomic mass is 10.00. The number of thiocarbonyl (C=S) groups is 1. The molecule has 35 heavy (non-hydrogen) atoms. The standard InChI is InChI=1S/C24H24Cl2N4O4S/c1-30-18-9-8-14(25)12-16(18)20(15-6-4-5-7-17(15)26)28-21(22(30)31)29-23(35)27-13-24(33-3)11-10-19(32-2)34-24/h4-12,19,21H,13H2,1-3H3,(H2,27,29,35). The molecule has 11 heteroatoms. The van der Waals surface area contributed by atoms with E-state index in [1.165, 1.54) is 19.1 Å². The minimum absolute atomic E-state index is 0.180. The number of benzene rings is 2. The summed E-state index contributed by atoms with van der Waals surface area (Å²) in [6.45, 7) is 0.180. The van der Waals surface area contributed by atoms with Gasteiger partial charge in [0, 0.05) is 42.4 Å². The zero-order chi connectivity index (χ0) is 25.2. The summed E-state index contributed by atoms with van der Waals surface area (Å²) in [5.74, 6) is -1.37. The van der Waals surface area contributed by atoms with Crippen LogP contribution in [0.4, 0.5) is 5.69 Å². The van der Waals surface area contributed by atoms with E-state index < -0.39 is 18.2 Å². The van der Waals surface area contributed by atoms with Crippen LogP contribution < -0.4 is 15.5 Å². The van der Waals surface area contributed by atoms with Crippen LogP contribution in [0, 0.1) is 0 Å². The number of fused-ring (bicyclic) bond motifs is 1. The van der Waals surface area contributed by atoms with E-state index in [1.807, 2.05) is 18.2 Å². The number of likely N-dealkylation sites (N-methyl/N-ethyl adjacent to an activating group) is 1. The maximum absolute atomic E-state index is 13.4. The first kappa shape index (κ1) is 25.6. The van der Waals surface area contributed by atoms with Crippen LogP contribution in [0.1, 0.15) is 11.1 Å². The predicted octanol–water partition coefficient (Wildman–Crippen LogP) is 3.50. The van der Waals surface area contributed by atoms with Gasteiger partial charge in [0.05, 0.1) is 17.9 Å². The van der Waals surface area contributed by atoms with Crippen LogP contribution >= 0.6 is 35.4 Å². The van der Waals surface area contributed by atoms with Crippen molar-refractivity contribution >= 4 is 57.8 Å². The Morgan fingerprint density at radius 2 is 2.00 bits per heavy atom. The molecule has 0 saturated heterocycles. The topological polar surface area (TPSA) is 84.4 Å². The molecule has 0 radical (unpaired) electrons. The molecule has 1 amide bonds. The van der Waals surface area contributed by atoms with Gasteiger partial charge in [-0.15, -0.1) is 0 Å². The number of methoxy groups -OCH3 is 2. The van der Waals surface area contributed by atoms with Crippen LogP contribution in [-0.4, -0.2) is 62.8 Å². The molecule has 0 bridgehead atoms. The molecular formula is C24H24Cl2N4O4S. The van der Waals surface area contributed by atoms with Gasteiger partial charge in [-0.2, -0.15) is 0 Å². The molecule has 2 N–H and O–H groups in total. The first-order chi connectivity index (χ1) is 16.8. The summed E-state index contributed by atoms with van der Waals surface area (Å²) in [6, 6.07) is 12.5. The zero-order valence-electron chi connectivity index (χ0n) is 19.2. The second-order valence-electron chi connectivity index (χ2n) is 7.84. The fourth-order valence-corrected chi connectivity index (χ4v) is 4.38. The van der Waals surface area contributed by atoms with Crippen molar-refractivity contribution in [3.05, 3.63) is 75.8 Å². The van der Waals surface area contributed by atoms with E-state index in [2.05, 4.69) is 10.6 Å². The Bertz CT molecular complexity index is 1210. The van der Waals surface area contributed by atoms with Crippen molar-refractivity contribution in [2.45, 2.75) is 18.2 Å². The second-order valence-corrected chi connectivity index (χ2v) is 9.09. The van der Waals surface area contributed by atoms with Crippen LogP contribution in [-0.2, 0) is 19.0 Å². The number of ether oxygens (including phenoxy) is 3. The number of anilines is 1. The molecule has 2 aromatic carbocycles. The molecule has 0 aromatic heterocycles. The van der Waals surface area contributed by atoms with Crippen molar-refractivity contribution in [2.75, 3.05) is 32.7 Å². The molecule has 2 aliphatic heterocycles. The maximum atomic E-state index is 13.4. The van der Waals surface area contributed by atoms with Crippen LogP contribution in [0.15, 0.2) is 59.6 Å². The van der Waals surface area contributed by atoms with E-state index >= 15 is 0 Å². The lowest BCUT2D eigenvalue weighted by Crippen LogP contribution is -2.52. The number of hydrogen-bond acceptors (Lipinski definition) is 6. The summed E-state index contributed by atoms with van der Waals surface area (Å²) in [5.41, 5.74) is 2.51. The lowest BCUT2D eigenvalue weighted by Gasteiger charge is -2.28. The molecule has 3 unspecified atom stereocenters. The Balaban J connectivity index is 1.62. The minimum Gasteiger partial charge on any atom is -0.357 e. The van der Waals surface area contributed by atoms with Crippen molar-refractivity contribution in [1.82, 2.24) is 10.6 Å². The third-order valence-corrected chi connectivity index (χ3v) is 6.52. The van der Waals surface area contributed by atoms with Gasteiger partial charge in [-0.3, -0.25) is 4.79 Å². The van der Waals surface area contributed by atoms with Gasteiger partial charge in [-0.1, -0.05) is 41.4 Å². The van der Waals surface area contributed by atoms with Crippen LogP contribution in [0.3, 0.4) is 0 Å². The Kier molecular flexibility index (Phi) is 7.75. The highest BCUT2D eigenvalue weighted by Crippen LogP contribution is 2.32. The molecule has 184 valence electrons. The summed E-state index contributed by atoms with van der Waals surface area (Å²) < 4.78 is 16.4. The Labute approximate surface area is 218 Å². The van der Waals surface area contributed by atoms with Crippen molar-refractivity contribution in [3.8, 4) is 0 Å². The molecule has 0 saturated carbocycles. The maximum Gasteiger partial charge on any atom is 0.272 e. The third kappa shape index (κ3) is 5.35. The average molecular weight is 535 g/mol. The summed E-state index contributed by atoms with van der Waals surface area (Å²) in [7, 11) is 4.73. The van der Waals surface area contributed by atoms with Crippen molar-refractivity contribution in [2.24, 2.45) is 4.99 Å². The highest BCUT2D eigenvalue weighted by Gasteiger charge is 2.37. The molecule has 4 rings (SSSR count). The number of carbonyl (C=O) groups is 1. The van der Waals surface area contributed by atoms with E-state index in [0.29, 0.717) is 32.6 Å². The molecule has 2 aromatic rings. The first-order valence-electron chi connectivity index (χ1n) is 10.7. The van der Waals surface area contributed by atoms with Gasteiger partial charge in [0.2, 0.25) is 12.0 Å². The van der Waals surface area contributed by atoms with Gasteiger partial charge in [0.25, 0.3) is 5.91 Å². The smallest absolute Gasteiger partial charge is 0.272 e. The van der Waals surface area contributed by atoms with Gasteiger partial charge in [-0.25, -0.2) is 4.99 Å². The molecular weight excluding hydrogens is 511 g/mol. The number of nitrogens with zero attached hydrogens (tertiary/aromatic N) is 2. The van der Waals surface area contributed by atoms with Gasteiger partial charge < -0.3 is 29.7 Å². The number of halogens is 2. The number of hydrogen-bond donors (Lipinski definition) is 2. The Morgan fingerprint density at radius 3 is 2.69 bits per heavy atom. The largest absolute Gasteiger partial charge is 0.357 e. The van der Waals surface area contributed by atoms with E-state index in [1.54, 1.807) is 43.5 Å². The molecule has 2 heterocycles. The molecule has 2 aliphatic rings. The average Bonchev–Trinajstić information content (AvgIpc) is 3.25. The first-order valence-corrected chi connectivity index (χ1v) is 11.8. The highest BCUT2D eigenvalue weighted by molar-refractivity contribution is 7.80. The predicted molar refractivity (Wildman–Crippen MR) is 140 cm³/mol. The van der Waals surface area contributed by atoms with Crippen LogP contribution in [0.5, 0.6) is 0 Å². The fourth-order valence-electron chi connectivity index (χ4n) is 3.80. The Morgan fingerprint density at radius 1 is 1.23 bits per heavy atom. The summed E-state index contributed by atoms with van der Waals surface area (Å²) >= 11 is 18.3. The van der Waals surface area contributed by atoms with E-state index in [-0.39, 0.29) is 17.6 Å². The lowest BCUT2D eigenvalue weighted by molar-refractivity contribution is -0.238. The number of rotatable bonds is 6. The van der Waals surface area contributed by atoms with Gasteiger partial charge in [0.15, 0.2) is 11.4 Å². The second kappa shape index (κ2) is 10.6. The van der Waals surface area contributed by atoms with E-state index in [9.17, 15) is 4.79 Å². The summed E-state index contributed by atoms with van der Waals surface area (Å²) in [5, 5.41) is 7.23.